The maximum absolute atomic E-state index is 5.61. The molecule has 0 aromatic rings. The molecular formula is C14H26BrNO. The van der Waals surface area contributed by atoms with Crippen molar-refractivity contribution in [3.63, 3.8) is 0 Å². The van der Waals surface area contributed by atoms with Crippen molar-refractivity contribution in [3.8, 4) is 0 Å². The second kappa shape index (κ2) is 6.53. The van der Waals surface area contributed by atoms with E-state index in [4.69, 9.17) is 4.74 Å². The Labute approximate surface area is 114 Å². The third kappa shape index (κ3) is 3.45. The number of alkyl halides is 1. The van der Waals surface area contributed by atoms with Crippen molar-refractivity contribution >= 4 is 15.9 Å². The number of ether oxygens (including phenoxy) is 1. The first kappa shape index (κ1) is 13.8. The molecule has 0 radical (unpaired) electrons. The summed E-state index contributed by atoms with van der Waals surface area (Å²) in [5, 5.41) is 1.17. The van der Waals surface area contributed by atoms with Gasteiger partial charge < -0.3 is 4.74 Å². The zero-order valence-electron chi connectivity index (χ0n) is 11.1. The van der Waals surface area contributed by atoms with Crippen LogP contribution in [-0.2, 0) is 4.74 Å². The van der Waals surface area contributed by atoms with E-state index in [0.717, 1.165) is 19.8 Å². The van der Waals surface area contributed by atoms with Gasteiger partial charge in [0.15, 0.2) is 0 Å². The SMILES string of the molecule is CCC1COCCN1CC1(CBr)CCCCC1. The summed E-state index contributed by atoms with van der Waals surface area (Å²) in [4.78, 5) is 2.69. The molecule has 17 heavy (non-hydrogen) atoms. The molecule has 0 aromatic carbocycles. The van der Waals surface area contributed by atoms with Crippen LogP contribution in [0.15, 0.2) is 0 Å². The van der Waals surface area contributed by atoms with Crippen LogP contribution in [0.2, 0.25) is 0 Å². The topological polar surface area (TPSA) is 12.5 Å². The zero-order valence-corrected chi connectivity index (χ0v) is 12.7. The molecule has 0 aromatic heterocycles. The lowest BCUT2D eigenvalue weighted by Crippen LogP contribution is -2.50. The Hall–Kier alpha value is 0.400. The maximum atomic E-state index is 5.61. The Morgan fingerprint density at radius 1 is 1.29 bits per heavy atom. The quantitative estimate of drug-likeness (QED) is 0.738. The lowest BCUT2D eigenvalue weighted by atomic mass is 9.75. The molecule has 100 valence electrons. The summed E-state index contributed by atoms with van der Waals surface area (Å²) in [6.45, 7) is 6.56. The normalized spacial score (nSPS) is 30.4. The monoisotopic (exact) mass is 303 g/mol. The molecule has 1 saturated carbocycles. The highest BCUT2D eigenvalue weighted by Crippen LogP contribution is 2.39. The van der Waals surface area contributed by atoms with Gasteiger partial charge in [-0.15, -0.1) is 0 Å². The molecule has 1 atom stereocenters. The molecule has 3 heteroatoms. The molecule has 2 fully saturated rings. The number of halogens is 1. The minimum Gasteiger partial charge on any atom is -0.378 e. The second-order valence-corrected chi connectivity index (χ2v) is 6.36. The number of morpholine rings is 1. The molecule has 0 spiro atoms. The first-order valence-electron chi connectivity index (χ1n) is 7.17. The van der Waals surface area contributed by atoms with Crippen molar-refractivity contribution in [2.24, 2.45) is 5.41 Å². The molecule has 0 bridgehead atoms. The van der Waals surface area contributed by atoms with Crippen LogP contribution in [0.25, 0.3) is 0 Å². The van der Waals surface area contributed by atoms with Crippen LogP contribution >= 0.6 is 15.9 Å². The van der Waals surface area contributed by atoms with Crippen molar-refractivity contribution in [2.75, 3.05) is 31.6 Å². The van der Waals surface area contributed by atoms with E-state index in [1.54, 1.807) is 0 Å². The second-order valence-electron chi connectivity index (χ2n) is 5.80. The zero-order chi connectivity index (χ0) is 12.1. The van der Waals surface area contributed by atoms with E-state index >= 15 is 0 Å². The first-order valence-corrected chi connectivity index (χ1v) is 8.29. The summed E-state index contributed by atoms with van der Waals surface area (Å²) in [5.74, 6) is 0. The van der Waals surface area contributed by atoms with Crippen molar-refractivity contribution in [1.29, 1.82) is 0 Å². The Bertz CT molecular complexity index is 228. The van der Waals surface area contributed by atoms with Gasteiger partial charge in [0.2, 0.25) is 0 Å². The van der Waals surface area contributed by atoms with Gasteiger partial charge in [0.25, 0.3) is 0 Å². The molecule has 1 aliphatic heterocycles. The van der Waals surface area contributed by atoms with Gasteiger partial charge in [0, 0.05) is 24.5 Å². The third-order valence-corrected chi connectivity index (χ3v) is 5.75. The van der Waals surface area contributed by atoms with Gasteiger partial charge in [0.1, 0.15) is 0 Å². The molecule has 0 N–H and O–H groups in total. The van der Waals surface area contributed by atoms with Crippen molar-refractivity contribution in [1.82, 2.24) is 4.90 Å². The summed E-state index contributed by atoms with van der Waals surface area (Å²) in [5.41, 5.74) is 0.545. The Kier molecular flexibility index (Phi) is 5.31. The molecule has 2 aliphatic rings. The fourth-order valence-corrected chi connectivity index (χ4v) is 4.08. The molecule has 2 nitrogen and oxygen atoms in total. The van der Waals surface area contributed by atoms with E-state index in [0.29, 0.717) is 11.5 Å². The van der Waals surface area contributed by atoms with E-state index < -0.39 is 0 Å². The van der Waals surface area contributed by atoms with Crippen molar-refractivity contribution in [2.45, 2.75) is 51.5 Å². The molecule has 2 rings (SSSR count). The highest BCUT2D eigenvalue weighted by molar-refractivity contribution is 9.09. The summed E-state index contributed by atoms with van der Waals surface area (Å²) in [6, 6.07) is 0.654. The fraction of sp³-hybridized carbons (Fsp3) is 1.00. The van der Waals surface area contributed by atoms with Crippen LogP contribution in [0, 0.1) is 5.41 Å². The van der Waals surface area contributed by atoms with Crippen molar-refractivity contribution < 1.29 is 4.74 Å². The molecule has 0 amide bonds. The van der Waals surface area contributed by atoms with Gasteiger partial charge in [-0.3, -0.25) is 4.90 Å². The average molecular weight is 304 g/mol. The van der Waals surface area contributed by atoms with Crippen LogP contribution < -0.4 is 0 Å². The number of hydrogen-bond acceptors (Lipinski definition) is 2. The lowest BCUT2D eigenvalue weighted by Gasteiger charge is -2.44. The molecule has 1 saturated heterocycles. The van der Waals surface area contributed by atoms with Gasteiger partial charge in [-0.2, -0.15) is 0 Å². The molecule has 1 unspecified atom stereocenters. The van der Waals surface area contributed by atoms with Crippen LogP contribution in [0.5, 0.6) is 0 Å². The van der Waals surface area contributed by atoms with Gasteiger partial charge in [0.05, 0.1) is 13.2 Å². The van der Waals surface area contributed by atoms with Gasteiger partial charge in [-0.05, 0) is 24.7 Å². The first-order chi connectivity index (χ1) is 8.29. The summed E-state index contributed by atoms with van der Waals surface area (Å²) < 4.78 is 5.61. The summed E-state index contributed by atoms with van der Waals surface area (Å²) in [7, 11) is 0. The predicted molar refractivity (Wildman–Crippen MR) is 75.8 cm³/mol. The van der Waals surface area contributed by atoms with Crippen LogP contribution in [0.4, 0.5) is 0 Å². The third-order valence-electron chi connectivity index (χ3n) is 4.56. The van der Waals surface area contributed by atoms with E-state index in [9.17, 15) is 0 Å². The summed E-state index contributed by atoms with van der Waals surface area (Å²) in [6.07, 6.45) is 8.32. The fourth-order valence-electron chi connectivity index (χ4n) is 3.34. The van der Waals surface area contributed by atoms with Gasteiger partial charge >= 0.3 is 0 Å². The lowest BCUT2D eigenvalue weighted by molar-refractivity contribution is -0.0300. The highest BCUT2D eigenvalue weighted by atomic mass is 79.9. The smallest absolute Gasteiger partial charge is 0.0622 e. The van der Waals surface area contributed by atoms with Crippen LogP contribution in [0.3, 0.4) is 0 Å². The van der Waals surface area contributed by atoms with E-state index in [1.165, 1.54) is 50.4 Å². The van der Waals surface area contributed by atoms with Gasteiger partial charge in [-0.25, -0.2) is 0 Å². The molecule has 1 aliphatic carbocycles. The number of nitrogens with zero attached hydrogens (tertiary/aromatic N) is 1. The minimum atomic E-state index is 0.545. The van der Waals surface area contributed by atoms with E-state index in [-0.39, 0.29) is 0 Å². The number of hydrogen-bond donors (Lipinski definition) is 0. The Morgan fingerprint density at radius 2 is 2.06 bits per heavy atom. The number of rotatable bonds is 4. The van der Waals surface area contributed by atoms with E-state index in [1.807, 2.05) is 0 Å². The maximum Gasteiger partial charge on any atom is 0.0622 e. The van der Waals surface area contributed by atoms with Crippen LogP contribution in [0.1, 0.15) is 45.4 Å². The van der Waals surface area contributed by atoms with Crippen LogP contribution in [-0.4, -0.2) is 42.6 Å². The van der Waals surface area contributed by atoms with Gasteiger partial charge in [-0.1, -0.05) is 42.1 Å². The van der Waals surface area contributed by atoms with Crippen molar-refractivity contribution in [3.05, 3.63) is 0 Å². The minimum absolute atomic E-state index is 0.545. The van der Waals surface area contributed by atoms with E-state index in [2.05, 4.69) is 27.8 Å². The molecular weight excluding hydrogens is 278 g/mol. The summed E-state index contributed by atoms with van der Waals surface area (Å²) >= 11 is 3.78. The Balaban J connectivity index is 1.96. The standard InChI is InChI=1S/C14H26BrNO/c1-2-13-10-17-9-8-16(13)12-14(11-15)6-4-3-5-7-14/h13H,2-12H2,1H3. The highest BCUT2D eigenvalue weighted by Gasteiger charge is 2.35. The Morgan fingerprint density at radius 3 is 2.71 bits per heavy atom. The predicted octanol–water partition coefficient (Wildman–Crippen LogP) is 3.44. The largest absolute Gasteiger partial charge is 0.378 e. The average Bonchev–Trinajstić information content (AvgIpc) is 2.40. The molecule has 1 heterocycles.